The Hall–Kier alpha value is -2.75. The number of carbonyl (C=O) groups is 1. The first-order valence-electron chi connectivity index (χ1n) is 10.0. The molecule has 2 aromatic rings. The normalized spacial score (nSPS) is 21.1. The molecule has 1 saturated heterocycles. The van der Waals surface area contributed by atoms with Crippen LogP contribution in [0.3, 0.4) is 0 Å². The van der Waals surface area contributed by atoms with E-state index in [9.17, 15) is 4.79 Å². The Kier molecular flexibility index (Phi) is 5.38. The Bertz CT molecular complexity index is 875. The summed E-state index contributed by atoms with van der Waals surface area (Å²) < 4.78 is 11.0. The molecule has 0 spiro atoms. The highest BCUT2D eigenvalue weighted by Gasteiger charge is 2.38. The average Bonchev–Trinajstić information content (AvgIpc) is 2.71. The fourth-order valence-electron chi connectivity index (χ4n) is 4.43. The third-order valence-corrected chi connectivity index (χ3v) is 5.83. The minimum Gasteiger partial charge on any atom is -0.497 e. The maximum Gasteiger partial charge on any atom is 0.410 e. The Morgan fingerprint density at radius 1 is 1.14 bits per heavy atom. The largest absolute Gasteiger partial charge is 0.497 e. The van der Waals surface area contributed by atoms with Gasteiger partial charge in [0.05, 0.1) is 13.2 Å². The van der Waals surface area contributed by atoms with Gasteiger partial charge >= 0.3 is 6.09 Å². The van der Waals surface area contributed by atoms with E-state index < -0.39 is 0 Å². The van der Waals surface area contributed by atoms with Crippen molar-refractivity contribution in [1.29, 1.82) is 0 Å². The molecule has 4 rings (SSSR count). The second kappa shape index (κ2) is 8.09. The second-order valence-corrected chi connectivity index (χ2v) is 7.68. The van der Waals surface area contributed by atoms with Gasteiger partial charge < -0.3 is 9.47 Å². The van der Waals surface area contributed by atoms with Gasteiger partial charge in [-0.3, -0.25) is 4.90 Å². The first-order valence-corrected chi connectivity index (χ1v) is 10.0. The molecule has 1 fully saturated rings. The third kappa shape index (κ3) is 3.77. The van der Waals surface area contributed by atoms with Crippen LogP contribution < -0.4 is 4.74 Å². The van der Waals surface area contributed by atoms with Crippen LogP contribution in [0.1, 0.15) is 42.4 Å². The number of methoxy groups -OCH3 is 1. The quantitative estimate of drug-likeness (QED) is 0.721. The molecule has 0 N–H and O–H groups in total. The van der Waals surface area contributed by atoms with E-state index in [1.165, 1.54) is 16.7 Å². The summed E-state index contributed by atoms with van der Waals surface area (Å²) in [5, 5.41) is 0. The zero-order valence-corrected chi connectivity index (χ0v) is 16.6. The van der Waals surface area contributed by atoms with Gasteiger partial charge in [0.1, 0.15) is 12.4 Å². The number of hydrogen-bond donors (Lipinski definition) is 0. The van der Waals surface area contributed by atoms with Gasteiger partial charge in [0, 0.05) is 6.04 Å². The van der Waals surface area contributed by atoms with E-state index in [-0.39, 0.29) is 18.2 Å². The van der Waals surface area contributed by atoms with Gasteiger partial charge in [-0.1, -0.05) is 42.5 Å². The number of benzene rings is 2. The molecule has 28 heavy (non-hydrogen) atoms. The summed E-state index contributed by atoms with van der Waals surface area (Å²) in [7, 11) is 1.69. The molecule has 0 aromatic heterocycles. The fraction of sp³-hybridized carbons (Fsp3) is 0.375. The number of nitrogens with zero attached hydrogens (tertiary/aromatic N) is 1. The van der Waals surface area contributed by atoms with Crippen molar-refractivity contribution in [1.82, 2.24) is 4.90 Å². The highest BCUT2D eigenvalue weighted by atomic mass is 16.6. The van der Waals surface area contributed by atoms with Crippen molar-refractivity contribution < 1.29 is 14.3 Å². The van der Waals surface area contributed by atoms with Gasteiger partial charge in [-0.25, -0.2) is 4.79 Å². The smallest absolute Gasteiger partial charge is 0.410 e. The summed E-state index contributed by atoms with van der Waals surface area (Å²) in [5.41, 5.74) is 4.82. The SMILES string of the molecule is COc1ccc(C2=CC3CCCC(C2)N3C(=O)OCc2ccccc2)c(C)c1. The minimum atomic E-state index is -0.194. The third-order valence-electron chi connectivity index (χ3n) is 5.83. The van der Waals surface area contributed by atoms with E-state index in [4.69, 9.17) is 9.47 Å². The maximum atomic E-state index is 12.8. The molecule has 0 radical (unpaired) electrons. The van der Waals surface area contributed by atoms with Crippen molar-refractivity contribution in [2.45, 2.75) is 51.3 Å². The molecule has 2 heterocycles. The van der Waals surface area contributed by atoms with Crippen molar-refractivity contribution >= 4 is 11.7 Å². The molecular formula is C24H27NO3. The number of rotatable bonds is 4. The Morgan fingerprint density at radius 2 is 1.96 bits per heavy atom. The lowest BCUT2D eigenvalue weighted by atomic mass is 9.82. The Labute approximate surface area is 166 Å². The van der Waals surface area contributed by atoms with Crippen LogP contribution in [0, 0.1) is 6.92 Å². The summed E-state index contributed by atoms with van der Waals surface area (Å²) in [6.45, 7) is 2.44. The van der Waals surface area contributed by atoms with Crippen LogP contribution in [0.2, 0.25) is 0 Å². The second-order valence-electron chi connectivity index (χ2n) is 7.68. The molecule has 2 aromatic carbocycles. The lowest BCUT2D eigenvalue weighted by Gasteiger charge is -2.44. The highest BCUT2D eigenvalue weighted by Crippen LogP contribution is 2.38. The molecule has 2 atom stereocenters. The van der Waals surface area contributed by atoms with Crippen LogP contribution in [0.4, 0.5) is 4.79 Å². The summed E-state index contributed by atoms with van der Waals surface area (Å²) in [6, 6.07) is 16.4. The first kappa shape index (κ1) is 18.6. The molecule has 2 aliphatic rings. The van der Waals surface area contributed by atoms with Gasteiger partial charge in [-0.2, -0.15) is 0 Å². The van der Waals surface area contributed by atoms with Gasteiger partial charge in [-0.05, 0) is 67.0 Å². The predicted octanol–water partition coefficient (Wildman–Crippen LogP) is 5.35. The van der Waals surface area contributed by atoms with Gasteiger partial charge in [0.15, 0.2) is 0 Å². The zero-order chi connectivity index (χ0) is 19.5. The van der Waals surface area contributed by atoms with Gasteiger partial charge in [0.2, 0.25) is 0 Å². The number of ether oxygens (including phenoxy) is 2. The van der Waals surface area contributed by atoms with Crippen molar-refractivity contribution in [2.24, 2.45) is 0 Å². The van der Waals surface area contributed by atoms with Crippen LogP contribution >= 0.6 is 0 Å². The maximum absolute atomic E-state index is 12.8. The van der Waals surface area contributed by atoms with Gasteiger partial charge in [0.25, 0.3) is 0 Å². The number of fused-ring (bicyclic) bond motifs is 2. The van der Waals surface area contributed by atoms with Crippen LogP contribution in [0.15, 0.2) is 54.6 Å². The van der Waals surface area contributed by atoms with E-state index in [0.29, 0.717) is 6.61 Å². The van der Waals surface area contributed by atoms with Crippen LogP contribution in [-0.4, -0.2) is 30.2 Å². The number of amides is 1. The molecule has 2 bridgehead atoms. The van der Waals surface area contributed by atoms with Gasteiger partial charge in [-0.15, -0.1) is 0 Å². The van der Waals surface area contributed by atoms with E-state index in [0.717, 1.165) is 37.0 Å². The van der Waals surface area contributed by atoms with E-state index >= 15 is 0 Å². The topological polar surface area (TPSA) is 38.8 Å². The molecule has 4 nitrogen and oxygen atoms in total. The van der Waals surface area contributed by atoms with Crippen molar-refractivity contribution in [3.63, 3.8) is 0 Å². The van der Waals surface area contributed by atoms with Crippen molar-refractivity contribution in [3.8, 4) is 5.75 Å². The van der Waals surface area contributed by atoms with E-state index in [1.807, 2.05) is 41.3 Å². The fourth-order valence-corrected chi connectivity index (χ4v) is 4.43. The van der Waals surface area contributed by atoms with E-state index in [1.54, 1.807) is 7.11 Å². The monoisotopic (exact) mass is 377 g/mol. The minimum absolute atomic E-state index is 0.118. The summed E-state index contributed by atoms with van der Waals surface area (Å²) >= 11 is 0. The summed E-state index contributed by atoms with van der Waals surface area (Å²) in [5.74, 6) is 0.879. The number of carbonyl (C=O) groups excluding carboxylic acids is 1. The first-order chi connectivity index (χ1) is 13.7. The molecule has 146 valence electrons. The molecule has 0 saturated carbocycles. The lowest BCUT2D eigenvalue weighted by Crippen LogP contribution is -2.51. The van der Waals surface area contributed by atoms with Crippen molar-refractivity contribution in [3.05, 3.63) is 71.3 Å². The summed E-state index contributed by atoms with van der Waals surface area (Å²) in [6.07, 6.45) is 6.14. The highest BCUT2D eigenvalue weighted by molar-refractivity contribution is 5.75. The predicted molar refractivity (Wildman–Crippen MR) is 110 cm³/mol. The molecule has 2 aliphatic heterocycles. The standard InChI is InChI=1S/C24H27NO3/c1-17-13-22(27-2)11-12-23(17)19-14-20-9-6-10-21(15-19)25(20)24(26)28-16-18-7-4-3-5-8-18/h3-5,7-8,11-14,20-21H,6,9-10,15-16H2,1-2H3. The average molecular weight is 377 g/mol. The van der Waals surface area contributed by atoms with Crippen LogP contribution in [-0.2, 0) is 11.3 Å². The molecule has 4 heteroatoms. The molecule has 0 aliphatic carbocycles. The van der Waals surface area contributed by atoms with Crippen LogP contribution in [0.25, 0.3) is 5.57 Å². The number of piperidine rings is 1. The molecular weight excluding hydrogens is 350 g/mol. The molecule has 2 unspecified atom stereocenters. The Balaban J connectivity index is 1.52. The Morgan fingerprint density at radius 3 is 2.68 bits per heavy atom. The van der Waals surface area contributed by atoms with Crippen LogP contribution in [0.5, 0.6) is 5.75 Å². The zero-order valence-electron chi connectivity index (χ0n) is 16.6. The lowest BCUT2D eigenvalue weighted by molar-refractivity contribution is 0.0510. The number of aryl methyl sites for hydroxylation is 1. The summed E-state index contributed by atoms with van der Waals surface area (Å²) in [4.78, 5) is 14.8. The molecule has 1 amide bonds. The van der Waals surface area contributed by atoms with E-state index in [2.05, 4.69) is 25.1 Å². The number of hydrogen-bond acceptors (Lipinski definition) is 3. The van der Waals surface area contributed by atoms with Crippen molar-refractivity contribution in [2.75, 3.05) is 7.11 Å².